The average Bonchev–Trinajstić information content (AvgIpc) is 3.85. The summed E-state index contributed by atoms with van der Waals surface area (Å²) in [6.45, 7) is 14.7. The molecule has 0 fully saturated rings. The minimum absolute atomic E-state index is 0. The third kappa shape index (κ3) is 7.24. The normalized spacial score (nSPS) is 12.0. The summed E-state index contributed by atoms with van der Waals surface area (Å²) in [4.78, 5) is 9.30. The molecule has 10 rings (SSSR count). The topological polar surface area (TPSA) is 24.3 Å². The van der Waals surface area contributed by atoms with Crippen molar-refractivity contribution in [2.75, 3.05) is 9.80 Å². The second-order valence-electron chi connectivity index (χ2n) is 15.3. The van der Waals surface area contributed by atoms with E-state index in [0.717, 1.165) is 106 Å². The molecule has 0 atom stereocenters. The van der Waals surface area contributed by atoms with Gasteiger partial charge in [-0.1, -0.05) is 139 Å². The number of allylic oxidation sites excluding steroid dienone is 2. The van der Waals surface area contributed by atoms with Crippen LogP contribution in [-0.2, 0) is 21.1 Å². The van der Waals surface area contributed by atoms with E-state index in [4.69, 9.17) is 4.98 Å². The van der Waals surface area contributed by atoms with Crippen molar-refractivity contribution >= 4 is 66.8 Å². The Morgan fingerprint density at radius 1 is 0.508 bits per heavy atom. The Hall–Kier alpha value is -7.00. The molecule has 1 aliphatic heterocycles. The van der Waals surface area contributed by atoms with E-state index < -0.39 is 0 Å². The Morgan fingerprint density at radius 2 is 1.10 bits per heavy atom. The first-order valence-corrected chi connectivity index (χ1v) is 20.2. The second-order valence-corrected chi connectivity index (χ2v) is 15.3. The predicted octanol–water partition coefficient (Wildman–Crippen LogP) is 14.3. The van der Waals surface area contributed by atoms with Gasteiger partial charge in [0.25, 0.3) is 0 Å². The first-order valence-electron chi connectivity index (χ1n) is 20.2. The fraction of sp³-hybridized carbons (Fsp3) is 0.0357. The second kappa shape index (κ2) is 16.6. The molecule has 61 heavy (non-hydrogen) atoms. The van der Waals surface area contributed by atoms with Gasteiger partial charge in [-0.05, 0) is 95.0 Å². The zero-order chi connectivity index (χ0) is 40.7. The third-order valence-corrected chi connectivity index (χ3v) is 11.3. The Labute approximate surface area is 372 Å². The first kappa shape index (κ1) is 39.5. The first-order chi connectivity index (χ1) is 29.4. The Kier molecular flexibility index (Phi) is 10.7. The standard InChI is InChI=1S/C56H41N4.Pt/c1-38(2)40-24-28-42(29-25-40)55(43-30-26-41(27-31-43)39(3)4)56(45-32-33-49-48-19-8-9-20-50(48)60(53(49)36-45)54-23-12-13-34-57-54)44-15-14-18-47(35-44)59-37-58(46-16-6-5-7-17-46)51-21-10-11-22-52(51)59;/h5-34,37H,1,3H2,2,4H3;/q-3;. The van der Waals surface area contributed by atoms with Gasteiger partial charge in [0.05, 0.1) is 0 Å². The van der Waals surface area contributed by atoms with Crippen LogP contribution in [0.3, 0.4) is 0 Å². The molecular weight excluding hydrogens is 924 g/mol. The van der Waals surface area contributed by atoms with Gasteiger partial charge in [0.15, 0.2) is 0 Å². The molecule has 7 aromatic carbocycles. The zero-order valence-corrected chi connectivity index (χ0v) is 36.2. The van der Waals surface area contributed by atoms with Crippen molar-refractivity contribution in [1.82, 2.24) is 9.55 Å². The van der Waals surface area contributed by atoms with Crippen LogP contribution in [0.5, 0.6) is 0 Å². The van der Waals surface area contributed by atoms with E-state index in [1.165, 1.54) is 0 Å². The van der Waals surface area contributed by atoms with Crippen LogP contribution >= 0.6 is 0 Å². The molecule has 298 valence electrons. The molecule has 0 saturated heterocycles. The van der Waals surface area contributed by atoms with Crippen molar-refractivity contribution in [1.29, 1.82) is 0 Å². The van der Waals surface area contributed by atoms with E-state index >= 15 is 0 Å². The molecule has 0 amide bonds. The summed E-state index contributed by atoms with van der Waals surface area (Å²) >= 11 is 0. The van der Waals surface area contributed by atoms with Crippen molar-refractivity contribution in [3.63, 3.8) is 0 Å². The number of aromatic nitrogens is 2. The minimum atomic E-state index is 0. The van der Waals surface area contributed by atoms with Gasteiger partial charge in [0.1, 0.15) is 5.82 Å². The van der Waals surface area contributed by atoms with E-state index in [0.29, 0.717) is 0 Å². The van der Waals surface area contributed by atoms with E-state index in [1.807, 2.05) is 32.2 Å². The van der Waals surface area contributed by atoms with E-state index in [2.05, 4.69) is 210 Å². The molecule has 4 nitrogen and oxygen atoms in total. The van der Waals surface area contributed by atoms with Crippen LogP contribution in [0, 0.1) is 18.8 Å². The number of nitrogens with zero attached hydrogens (tertiary/aromatic N) is 4. The van der Waals surface area contributed by atoms with Crippen LogP contribution in [-0.4, -0.2) is 9.55 Å². The molecule has 0 unspecified atom stereocenters. The summed E-state index contributed by atoms with van der Waals surface area (Å²) in [7, 11) is 0. The SMILES string of the molecule is C=C(C)c1ccc(C(=C(c2[c-]c(N3[CH-]N(c4ccccc4)c4ccccc43)ccc2)c2[c-]c3c(cc2)c2ccccc2n3-c2ccccn2)c2ccc(C(=C)C)cc2)cc1.[Pt]. The molecule has 2 aromatic heterocycles. The maximum Gasteiger partial charge on any atom is 0.136 e. The largest absolute Gasteiger partial charge is 0.488 e. The molecule has 0 saturated carbocycles. The minimum Gasteiger partial charge on any atom is -0.488 e. The number of rotatable bonds is 9. The van der Waals surface area contributed by atoms with Crippen LogP contribution in [0.15, 0.2) is 195 Å². The summed E-state index contributed by atoms with van der Waals surface area (Å²) in [5.74, 6) is 0.841. The summed E-state index contributed by atoms with van der Waals surface area (Å²) in [6.07, 6.45) is 1.85. The fourth-order valence-electron chi connectivity index (χ4n) is 8.32. The van der Waals surface area contributed by atoms with Gasteiger partial charge >= 0.3 is 0 Å². The Morgan fingerprint density at radius 3 is 1.75 bits per heavy atom. The molecule has 9 aromatic rings. The average molecular weight is 965 g/mol. The molecule has 3 heterocycles. The van der Waals surface area contributed by atoms with E-state index in [-0.39, 0.29) is 21.1 Å². The predicted molar refractivity (Wildman–Crippen MR) is 251 cm³/mol. The molecule has 0 radical (unpaired) electrons. The third-order valence-electron chi connectivity index (χ3n) is 11.3. The number of anilines is 4. The van der Waals surface area contributed by atoms with Gasteiger partial charge in [-0.25, -0.2) is 4.98 Å². The maximum absolute atomic E-state index is 4.83. The van der Waals surface area contributed by atoms with Gasteiger partial charge in [0, 0.05) is 49.8 Å². The van der Waals surface area contributed by atoms with Crippen molar-refractivity contribution in [3.8, 4) is 5.82 Å². The molecular formula is C56H41N4Pt-3. The molecule has 0 N–H and O–H groups in total. The molecule has 0 bridgehead atoms. The van der Waals surface area contributed by atoms with Gasteiger partial charge < -0.3 is 14.4 Å². The monoisotopic (exact) mass is 964 g/mol. The van der Waals surface area contributed by atoms with Crippen molar-refractivity contribution in [2.45, 2.75) is 13.8 Å². The molecule has 0 aliphatic carbocycles. The Balaban J connectivity index is 0.00000476. The number of benzene rings is 7. The summed E-state index contributed by atoms with van der Waals surface area (Å²) in [5, 5.41) is 2.26. The molecule has 0 spiro atoms. The van der Waals surface area contributed by atoms with Crippen LogP contribution < -0.4 is 9.80 Å². The molecule has 5 heteroatoms. The van der Waals surface area contributed by atoms with E-state index in [9.17, 15) is 0 Å². The van der Waals surface area contributed by atoms with Gasteiger partial charge in [-0.3, -0.25) is 0 Å². The fourth-order valence-corrected chi connectivity index (χ4v) is 8.32. The smallest absolute Gasteiger partial charge is 0.136 e. The van der Waals surface area contributed by atoms with Crippen LogP contribution in [0.25, 0.3) is 49.9 Å². The van der Waals surface area contributed by atoms with E-state index in [1.54, 1.807) is 0 Å². The van der Waals surface area contributed by atoms with Gasteiger partial charge in [0.2, 0.25) is 0 Å². The van der Waals surface area contributed by atoms with Gasteiger partial charge in [-0.15, -0.1) is 65.8 Å². The maximum atomic E-state index is 4.83. The van der Waals surface area contributed by atoms with Gasteiger partial charge in [-0.2, -0.15) is 0 Å². The van der Waals surface area contributed by atoms with Crippen LogP contribution in [0.4, 0.5) is 22.7 Å². The zero-order valence-electron chi connectivity index (χ0n) is 33.9. The number of hydrogen-bond donors (Lipinski definition) is 0. The number of fused-ring (bicyclic) bond motifs is 4. The van der Waals surface area contributed by atoms with Crippen LogP contribution in [0.2, 0.25) is 0 Å². The summed E-state index contributed by atoms with van der Waals surface area (Å²) < 4.78 is 2.23. The quantitative estimate of drug-likeness (QED) is 0.106. The number of hydrogen-bond acceptors (Lipinski definition) is 3. The summed E-state index contributed by atoms with van der Waals surface area (Å²) in [6, 6.07) is 69.9. The molecule has 1 aliphatic rings. The number of para-hydroxylation sites is 4. The Bertz CT molecular complexity index is 3050. The van der Waals surface area contributed by atoms with Crippen molar-refractivity contribution in [2.24, 2.45) is 0 Å². The van der Waals surface area contributed by atoms with Crippen molar-refractivity contribution in [3.05, 3.63) is 247 Å². The summed E-state index contributed by atoms with van der Waals surface area (Å²) in [5.41, 5.74) is 16.6. The van der Waals surface area contributed by atoms with Crippen molar-refractivity contribution < 1.29 is 21.1 Å². The van der Waals surface area contributed by atoms with Crippen LogP contribution in [0.1, 0.15) is 47.2 Å². The number of pyridine rings is 1.